The average molecular weight is 407 g/mol. The van der Waals surface area contributed by atoms with Crippen LogP contribution in [-0.2, 0) is 9.53 Å². The summed E-state index contributed by atoms with van der Waals surface area (Å²) in [6.07, 6.45) is 23.1. The van der Waals surface area contributed by atoms with Crippen molar-refractivity contribution in [2.45, 2.75) is 96.2 Å². The number of allylic oxidation sites excluding steroid dienone is 5. The van der Waals surface area contributed by atoms with Crippen LogP contribution in [-0.4, -0.2) is 35.5 Å². The average Bonchev–Trinajstić information content (AvgIpc) is 2.73. The third-order valence-corrected chi connectivity index (χ3v) is 5.79. The summed E-state index contributed by atoms with van der Waals surface area (Å²) in [6, 6.07) is 0. The lowest BCUT2D eigenvalue weighted by molar-refractivity contribution is -0.140. The van der Waals surface area contributed by atoms with Gasteiger partial charge in [-0.25, -0.2) is 0 Å². The molecule has 0 aromatic carbocycles. The van der Waals surface area contributed by atoms with Crippen LogP contribution in [0.25, 0.3) is 0 Å². The number of rotatable bonds is 15. The number of methoxy groups -OCH3 is 1. The molecule has 0 heterocycles. The zero-order chi connectivity index (χ0) is 21.3. The standard InChI is InChI=1S/C25H42O4/c1-3-4-5-6-7-8-16-22(26)17-11-9-14-21-15-10-12-18-23(21)24(27)19-13-20-25(28)29-2/h9-12,14,17,21-24,26-27H,3-8,13,15-16,18-20H2,1-2H3/b14-9+,17-11+/t21-,22?,23+,24?/m1/s1. The van der Waals surface area contributed by atoms with Crippen LogP contribution in [0.2, 0.25) is 0 Å². The summed E-state index contributed by atoms with van der Waals surface area (Å²) in [5, 5.41) is 20.7. The number of hydrogen-bond acceptors (Lipinski definition) is 4. The SMILES string of the molecule is CCCCCCCCC(O)/C=C/C=C/[C@@H]1CC=CC[C@@H]1C(O)CCCC(=O)OC. The second-order valence-electron chi connectivity index (χ2n) is 8.20. The van der Waals surface area contributed by atoms with Crippen molar-refractivity contribution in [3.05, 3.63) is 36.5 Å². The fourth-order valence-electron chi connectivity index (χ4n) is 3.92. The Kier molecular flexibility index (Phi) is 14.5. The summed E-state index contributed by atoms with van der Waals surface area (Å²) >= 11 is 0. The highest BCUT2D eigenvalue weighted by atomic mass is 16.5. The first-order valence-corrected chi connectivity index (χ1v) is 11.5. The van der Waals surface area contributed by atoms with E-state index in [1.54, 1.807) is 0 Å². The van der Waals surface area contributed by atoms with E-state index >= 15 is 0 Å². The number of aliphatic hydroxyl groups is 2. The quantitative estimate of drug-likeness (QED) is 0.163. The Morgan fingerprint density at radius 1 is 1.03 bits per heavy atom. The Balaban J connectivity index is 2.34. The number of carbonyl (C=O) groups is 1. The predicted molar refractivity (Wildman–Crippen MR) is 120 cm³/mol. The molecule has 1 aliphatic carbocycles. The number of carbonyl (C=O) groups excluding carboxylic acids is 1. The molecule has 0 aliphatic heterocycles. The van der Waals surface area contributed by atoms with Crippen LogP contribution in [0.15, 0.2) is 36.5 Å². The minimum absolute atomic E-state index is 0.176. The van der Waals surface area contributed by atoms with Crippen LogP contribution in [0, 0.1) is 11.8 Å². The molecule has 2 unspecified atom stereocenters. The molecule has 0 aromatic heterocycles. The van der Waals surface area contributed by atoms with Gasteiger partial charge in [0.05, 0.1) is 19.3 Å². The Morgan fingerprint density at radius 2 is 1.76 bits per heavy atom. The highest BCUT2D eigenvalue weighted by Gasteiger charge is 2.26. The molecule has 1 aliphatic rings. The van der Waals surface area contributed by atoms with Gasteiger partial charge >= 0.3 is 5.97 Å². The van der Waals surface area contributed by atoms with Crippen LogP contribution in [0.3, 0.4) is 0 Å². The largest absolute Gasteiger partial charge is 0.469 e. The number of ether oxygens (including phenoxy) is 1. The second-order valence-corrected chi connectivity index (χ2v) is 8.20. The van der Waals surface area contributed by atoms with Crippen molar-refractivity contribution in [2.75, 3.05) is 7.11 Å². The van der Waals surface area contributed by atoms with Crippen molar-refractivity contribution in [3.63, 3.8) is 0 Å². The molecule has 0 saturated carbocycles. The van der Waals surface area contributed by atoms with Gasteiger partial charge in [-0.15, -0.1) is 0 Å². The molecule has 2 N–H and O–H groups in total. The molecule has 29 heavy (non-hydrogen) atoms. The van der Waals surface area contributed by atoms with Gasteiger partial charge in [-0.05, 0) is 43.9 Å². The van der Waals surface area contributed by atoms with Crippen molar-refractivity contribution in [1.82, 2.24) is 0 Å². The van der Waals surface area contributed by atoms with Crippen LogP contribution in [0.5, 0.6) is 0 Å². The fraction of sp³-hybridized carbons (Fsp3) is 0.720. The van der Waals surface area contributed by atoms with E-state index in [0.29, 0.717) is 19.3 Å². The highest BCUT2D eigenvalue weighted by molar-refractivity contribution is 5.68. The molecule has 0 bridgehead atoms. The normalized spacial score (nSPS) is 21.7. The first kappa shape index (κ1) is 25.6. The molecule has 0 spiro atoms. The Bertz CT molecular complexity index is 509. The zero-order valence-corrected chi connectivity index (χ0v) is 18.5. The Labute approximate surface area is 177 Å². The van der Waals surface area contributed by atoms with Gasteiger partial charge in [-0.3, -0.25) is 4.79 Å². The van der Waals surface area contributed by atoms with Gasteiger partial charge in [-0.1, -0.05) is 81.9 Å². The molecule has 1 rings (SSSR count). The van der Waals surface area contributed by atoms with Crippen LogP contribution >= 0.6 is 0 Å². The molecule has 0 radical (unpaired) electrons. The second kappa shape index (κ2) is 16.4. The summed E-state index contributed by atoms with van der Waals surface area (Å²) in [4.78, 5) is 11.2. The Hall–Kier alpha value is -1.39. The third kappa shape index (κ3) is 12.0. The van der Waals surface area contributed by atoms with E-state index in [4.69, 9.17) is 0 Å². The number of unbranched alkanes of at least 4 members (excludes halogenated alkanes) is 5. The monoisotopic (exact) mass is 406 g/mol. The van der Waals surface area contributed by atoms with Crippen LogP contribution in [0.4, 0.5) is 0 Å². The van der Waals surface area contributed by atoms with E-state index in [1.807, 2.05) is 18.2 Å². The maximum atomic E-state index is 11.2. The third-order valence-electron chi connectivity index (χ3n) is 5.79. The van der Waals surface area contributed by atoms with Crippen LogP contribution in [0.1, 0.15) is 84.0 Å². The summed E-state index contributed by atoms with van der Waals surface area (Å²) in [7, 11) is 1.39. The van der Waals surface area contributed by atoms with E-state index in [0.717, 1.165) is 25.7 Å². The lowest BCUT2D eigenvalue weighted by atomic mass is 9.78. The maximum Gasteiger partial charge on any atom is 0.305 e. The molecule has 0 aromatic rings. The lowest BCUT2D eigenvalue weighted by Crippen LogP contribution is -2.28. The molecule has 0 amide bonds. The summed E-state index contributed by atoms with van der Waals surface area (Å²) in [6.45, 7) is 2.22. The van der Waals surface area contributed by atoms with E-state index < -0.39 is 6.10 Å². The molecular weight excluding hydrogens is 364 g/mol. The number of aliphatic hydroxyl groups excluding tert-OH is 2. The fourth-order valence-corrected chi connectivity index (χ4v) is 3.92. The van der Waals surface area contributed by atoms with E-state index in [2.05, 4.69) is 29.9 Å². The smallest absolute Gasteiger partial charge is 0.305 e. The first-order chi connectivity index (χ1) is 14.1. The van der Waals surface area contributed by atoms with Gasteiger partial charge in [-0.2, -0.15) is 0 Å². The molecule has 4 nitrogen and oxygen atoms in total. The molecule has 0 fully saturated rings. The summed E-state index contributed by atoms with van der Waals surface area (Å²) in [5.41, 5.74) is 0. The van der Waals surface area contributed by atoms with Crippen molar-refractivity contribution in [1.29, 1.82) is 0 Å². The topological polar surface area (TPSA) is 66.8 Å². The van der Waals surface area contributed by atoms with Crippen molar-refractivity contribution < 1.29 is 19.7 Å². The van der Waals surface area contributed by atoms with Crippen molar-refractivity contribution in [3.8, 4) is 0 Å². The van der Waals surface area contributed by atoms with E-state index in [-0.39, 0.29) is 23.9 Å². The van der Waals surface area contributed by atoms with Crippen molar-refractivity contribution in [2.24, 2.45) is 11.8 Å². The number of esters is 1. The van der Waals surface area contributed by atoms with E-state index in [1.165, 1.54) is 39.2 Å². The molecule has 0 saturated heterocycles. The zero-order valence-electron chi connectivity index (χ0n) is 18.5. The van der Waals surface area contributed by atoms with Crippen LogP contribution < -0.4 is 0 Å². The summed E-state index contributed by atoms with van der Waals surface area (Å²) < 4.78 is 4.66. The molecule has 4 heteroatoms. The minimum Gasteiger partial charge on any atom is -0.469 e. The molecule has 166 valence electrons. The molecule has 4 atom stereocenters. The van der Waals surface area contributed by atoms with Gasteiger partial charge in [0.1, 0.15) is 0 Å². The van der Waals surface area contributed by atoms with Gasteiger partial charge in [0, 0.05) is 6.42 Å². The van der Waals surface area contributed by atoms with E-state index in [9.17, 15) is 15.0 Å². The lowest BCUT2D eigenvalue weighted by Gasteiger charge is -2.30. The highest BCUT2D eigenvalue weighted by Crippen LogP contribution is 2.31. The predicted octanol–water partition coefficient (Wildman–Crippen LogP) is 5.50. The summed E-state index contributed by atoms with van der Waals surface area (Å²) in [5.74, 6) is 0.241. The minimum atomic E-state index is -0.415. The van der Waals surface area contributed by atoms with Gasteiger partial charge in [0.25, 0.3) is 0 Å². The van der Waals surface area contributed by atoms with Gasteiger partial charge < -0.3 is 14.9 Å². The molecular formula is C25H42O4. The van der Waals surface area contributed by atoms with Gasteiger partial charge in [0.2, 0.25) is 0 Å². The Morgan fingerprint density at radius 3 is 2.52 bits per heavy atom. The maximum absolute atomic E-state index is 11.2. The first-order valence-electron chi connectivity index (χ1n) is 11.5. The van der Waals surface area contributed by atoms with Gasteiger partial charge in [0.15, 0.2) is 0 Å². The number of hydrogen-bond donors (Lipinski definition) is 2. The van der Waals surface area contributed by atoms with Crippen molar-refractivity contribution >= 4 is 5.97 Å².